The summed E-state index contributed by atoms with van der Waals surface area (Å²) >= 11 is 0. The topological polar surface area (TPSA) is 122 Å². The van der Waals surface area contributed by atoms with Gasteiger partial charge in [0.2, 0.25) is 25.9 Å². The lowest BCUT2D eigenvalue weighted by atomic mass is 9.80. The second-order valence-corrected chi connectivity index (χ2v) is 11.5. The molecule has 2 aromatic rings. The highest BCUT2D eigenvalue weighted by Gasteiger charge is 2.59. The Morgan fingerprint density at radius 1 is 1.31 bits per heavy atom. The van der Waals surface area contributed by atoms with E-state index in [0.717, 1.165) is 12.3 Å². The monoisotopic (exact) mass is 444 g/mol. The van der Waals surface area contributed by atoms with Gasteiger partial charge in [-0.1, -0.05) is 11.2 Å². The number of hydrogen-bond donors (Lipinski definition) is 1. The summed E-state index contributed by atoms with van der Waals surface area (Å²) < 4.78 is 72.4. The Morgan fingerprint density at radius 3 is 2.69 bits per heavy atom. The summed E-state index contributed by atoms with van der Waals surface area (Å²) in [7, 11) is -7.35. The Balaban J connectivity index is 1.63. The molecule has 12 heteroatoms. The first-order valence-electron chi connectivity index (χ1n) is 9.03. The summed E-state index contributed by atoms with van der Waals surface area (Å²) in [5.74, 6) is -0.0802. The van der Waals surface area contributed by atoms with Crippen molar-refractivity contribution >= 4 is 20.0 Å². The Bertz CT molecular complexity index is 1150. The molecule has 1 aliphatic heterocycles. The van der Waals surface area contributed by atoms with E-state index in [2.05, 4.69) is 14.9 Å². The Labute approximate surface area is 168 Å². The van der Waals surface area contributed by atoms with Crippen LogP contribution >= 0.6 is 0 Å². The number of nitrogens with one attached hydrogen (secondary N) is 1. The quantitative estimate of drug-likeness (QED) is 0.723. The van der Waals surface area contributed by atoms with E-state index in [9.17, 15) is 21.2 Å². The third kappa shape index (κ3) is 3.69. The summed E-state index contributed by atoms with van der Waals surface area (Å²) in [6.07, 6.45) is 1.85. The van der Waals surface area contributed by atoms with Crippen LogP contribution in [-0.2, 0) is 25.5 Å². The average Bonchev–Trinajstić information content (AvgIpc) is 3.26. The van der Waals surface area contributed by atoms with Gasteiger partial charge < -0.3 is 4.52 Å². The highest BCUT2D eigenvalue weighted by atomic mass is 32.2. The van der Waals surface area contributed by atoms with Crippen LogP contribution in [0.3, 0.4) is 0 Å². The molecule has 2 fully saturated rings. The Morgan fingerprint density at radius 2 is 2.07 bits per heavy atom. The molecule has 1 saturated heterocycles. The molecule has 158 valence electrons. The summed E-state index contributed by atoms with van der Waals surface area (Å²) in [5.41, 5.74) is -0.764. The van der Waals surface area contributed by atoms with Crippen LogP contribution in [0.5, 0.6) is 0 Å². The van der Waals surface area contributed by atoms with Gasteiger partial charge in [-0.3, -0.25) is 0 Å². The summed E-state index contributed by atoms with van der Waals surface area (Å²) in [4.78, 5) is 4.16. The van der Waals surface area contributed by atoms with Gasteiger partial charge >= 0.3 is 0 Å². The minimum Gasteiger partial charge on any atom is -0.339 e. The summed E-state index contributed by atoms with van der Waals surface area (Å²) in [6.45, 7) is 2.07. The standard InChI is InChI=1S/C17H21FN4O5S2/c1-11-19-16(27-20-11)17-8-14(6-12(17)9-22(10-17)28(2,23)24)21-29(25,26)15-5-3-4-13(18)7-15/h3-5,7,12,14,21H,6,8-10H2,1-2H3/t12-,14+,17-/m0/s1. The number of benzene rings is 1. The second kappa shape index (κ2) is 6.83. The summed E-state index contributed by atoms with van der Waals surface area (Å²) in [6, 6.07) is 4.32. The molecule has 1 N–H and O–H groups in total. The molecule has 29 heavy (non-hydrogen) atoms. The molecule has 0 radical (unpaired) electrons. The van der Waals surface area contributed by atoms with E-state index in [0.29, 0.717) is 24.6 Å². The van der Waals surface area contributed by atoms with Crippen LogP contribution in [0.15, 0.2) is 33.7 Å². The smallest absolute Gasteiger partial charge is 0.240 e. The normalized spacial score (nSPS) is 28.0. The predicted molar refractivity (Wildman–Crippen MR) is 100 cm³/mol. The van der Waals surface area contributed by atoms with Gasteiger partial charge in [0.1, 0.15) is 5.82 Å². The van der Waals surface area contributed by atoms with Crippen LogP contribution in [0, 0.1) is 18.7 Å². The van der Waals surface area contributed by atoms with E-state index in [-0.39, 0.29) is 23.9 Å². The average molecular weight is 445 g/mol. The van der Waals surface area contributed by atoms with Crippen LogP contribution in [0.2, 0.25) is 0 Å². The van der Waals surface area contributed by atoms with Gasteiger partial charge in [-0.05, 0) is 43.9 Å². The molecule has 1 aromatic carbocycles. The van der Waals surface area contributed by atoms with Crippen LogP contribution in [0.25, 0.3) is 0 Å². The van der Waals surface area contributed by atoms with Gasteiger partial charge in [-0.15, -0.1) is 0 Å². The number of hydrogen-bond acceptors (Lipinski definition) is 7. The van der Waals surface area contributed by atoms with Gasteiger partial charge in [-0.2, -0.15) is 4.98 Å². The minimum atomic E-state index is -3.93. The molecule has 0 spiro atoms. The molecule has 0 bridgehead atoms. The highest BCUT2D eigenvalue weighted by molar-refractivity contribution is 7.89. The number of sulfonamides is 2. The zero-order valence-corrected chi connectivity index (χ0v) is 17.5. The first kappa shape index (κ1) is 20.4. The molecule has 9 nitrogen and oxygen atoms in total. The van der Waals surface area contributed by atoms with Crippen LogP contribution in [-0.4, -0.2) is 56.7 Å². The van der Waals surface area contributed by atoms with Gasteiger partial charge in [0.05, 0.1) is 16.6 Å². The van der Waals surface area contributed by atoms with E-state index >= 15 is 0 Å². The second-order valence-electron chi connectivity index (χ2n) is 7.77. The van der Waals surface area contributed by atoms with Crippen molar-refractivity contribution in [2.24, 2.45) is 5.92 Å². The number of halogens is 1. The number of rotatable bonds is 5. The fourth-order valence-electron chi connectivity index (χ4n) is 4.42. The van der Waals surface area contributed by atoms with Crippen LogP contribution < -0.4 is 4.72 Å². The summed E-state index contributed by atoms with van der Waals surface area (Å²) in [5, 5.41) is 3.83. The van der Waals surface area contributed by atoms with Crippen molar-refractivity contribution in [1.29, 1.82) is 0 Å². The molecule has 0 amide bonds. The lowest BCUT2D eigenvalue weighted by Crippen LogP contribution is -2.39. The molecule has 2 aliphatic rings. The molecule has 0 unspecified atom stereocenters. The van der Waals surface area contributed by atoms with Crippen molar-refractivity contribution in [3.63, 3.8) is 0 Å². The number of nitrogens with zero attached hydrogens (tertiary/aromatic N) is 3. The van der Waals surface area contributed by atoms with E-state index in [1.54, 1.807) is 6.92 Å². The maximum Gasteiger partial charge on any atom is 0.240 e. The molecular formula is C17H21FN4O5S2. The molecule has 4 rings (SSSR count). The third-order valence-electron chi connectivity index (χ3n) is 5.69. The zero-order chi connectivity index (χ0) is 21.0. The molecule has 1 saturated carbocycles. The SMILES string of the molecule is Cc1noc([C@]23C[C@H](NS(=O)(=O)c4cccc(F)c4)C[C@H]2CN(S(C)(=O)=O)C3)n1. The lowest BCUT2D eigenvalue weighted by Gasteiger charge is -2.24. The van der Waals surface area contributed by atoms with E-state index in [4.69, 9.17) is 4.52 Å². The number of aromatic nitrogens is 2. The van der Waals surface area contributed by atoms with Crippen molar-refractivity contribution in [2.75, 3.05) is 19.3 Å². The largest absolute Gasteiger partial charge is 0.339 e. The number of aryl methyl sites for hydroxylation is 1. The van der Waals surface area contributed by atoms with Crippen LogP contribution in [0.1, 0.15) is 24.6 Å². The van der Waals surface area contributed by atoms with Crippen molar-refractivity contribution in [3.05, 3.63) is 41.8 Å². The Kier molecular flexibility index (Phi) is 4.80. The van der Waals surface area contributed by atoms with Gasteiger partial charge in [0.15, 0.2) is 5.82 Å². The maximum absolute atomic E-state index is 13.5. The molecule has 2 heterocycles. The minimum absolute atomic E-state index is 0.149. The first-order chi connectivity index (χ1) is 13.5. The maximum atomic E-state index is 13.5. The number of fused-ring (bicyclic) bond motifs is 1. The van der Waals surface area contributed by atoms with Crippen molar-refractivity contribution in [1.82, 2.24) is 19.2 Å². The van der Waals surface area contributed by atoms with Crippen molar-refractivity contribution in [3.8, 4) is 0 Å². The van der Waals surface area contributed by atoms with E-state index < -0.39 is 37.3 Å². The third-order valence-corrected chi connectivity index (χ3v) is 8.43. The van der Waals surface area contributed by atoms with E-state index in [1.807, 2.05) is 0 Å². The highest BCUT2D eigenvalue weighted by Crippen LogP contribution is 2.50. The molecule has 1 aliphatic carbocycles. The van der Waals surface area contributed by atoms with Gasteiger partial charge in [0, 0.05) is 19.1 Å². The fourth-order valence-corrected chi connectivity index (χ4v) is 6.62. The van der Waals surface area contributed by atoms with Gasteiger partial charge in [-0.25, -0.2) is 30.3 Å². The Hall–Kier alpha value is -1.89. The first-order valence-corrected chi connectivity index (χ1v) is 12.4. The zero-order valence-electron chi connectivity index (χ0n) is 15.9. The van der Waals surface area contributed by atoms with Crippen molar-refractivity contribution < 1.29 is 25.7 Å². The fraction of sp³-hybridized carbons (Fsp3) is 0.529. The van der Waals surface area contributed by atoms with Crippen molar-refractivity contribution in [2.45, 2.75) is 36.1 Å². The molecule has 1 aromatic heterocycles. The van der Waals surface area contributed by atoms with Gasteiger partial charge in [0.25, 0.3) is 0 Å². The lowest BCUT2D eigenvalue weighted by molar-refractivity contribution is 0.259. The molecular weight excluding hydrogens is 423 g/mol. The predicted octanol–water partition coefficient (Wildman–Crippen LogP) is 0.787. The van der Waals surface area contributed by atoms with E-state index in [1.165, 1.54) is 22.5 Å². The molecule has 3 atom stereocenters. The van der Waals surface area contributed by atoms with Crippen LogP contribution in [0.4, 0.5) is 4.39 Å².